The van der Waals surface area contributed by atoms with Gasteiger partial charge in [-0.2, -0.15) is 0 Å². The number of ether oxygens (including phenoxy) is 2. The van der Waals surface area contributed by atoms with Crippen LogP contribution in [0.3, 0.4) is 0 Å². The highest BCUT2D eigenvalue weighted by molar-refractivity contribution is 5.59. The Balaban J connectivity index is 1.71. The third-order valence-corrected chi connectivity index (χ3v) is 5.86. The van der Waals surface area contributed by atoms with Crippen LogP contribution in [0.5, 0.6) is 11.6 Å². The van der Waals surface area contributed by atoms with Gasteiger partial charge in [0.2, 0.25) is 5.88 Å². The summed E-state index contributed by atoms with van der Waals surface area (Å²) in [4.78, 5) is 31.6. The molecule has 0 fully saturated rings. The van der Waals surface area contributed by atoms with Crippen molar-refractivity contribution in [1.82, 2.24) is 24.5 Å². The van der Waals surface area contributed by atoms with Crippen molar-refractivity contribution in [3.05, 3.63) is 87.5 Å². The molecule has 0 bridgehead atoms. The summed E-state index contributed by atoms with van der Waals surface area (Å²) < 4.78 is 12.9. The van der Waals surface area contributed by atoms with Crippen LogP contribution >= 0.6 is 0 Å². The number of nitrogens with zero attached hydrogens (tertiary/aromatic N) is 5. The largest absolute Gasteiger partial charge is 0.487 e. The maximum absolute atomic E-state index is 13.5. The summed E-state index contributed by atoms with van der Waals surface area (Å²) in [6.45, 7) is 12.0. The van der Waals surface area contributed by atoms with Gasteiger partial charge in [0.25, 0.3) is 5.56 Å². The van der Waals surface area contributed by atoms with Gasteiger partial charge in [-0.3, -0.25) is 14.3 Å². The van der Waals surface area contributed by atoms with E-state index >= 15 is 0 Å². The summed E-state index contributed by atoms with van der Waals surface area (Å²) in [5, 5.41) is 0. The van der Waals surface area contributed by atoms with E-state index in [1.165, 1.54) is 0 Å². The summed E-state index contributed by atoms with van der Waals surface area (Å²) in [6.07, 6.45) is 3.51. The molecule has 36 heavy (non-hydrogen) atoms. The topological polar surface area (TPSA) is 92.0 Å². The predicted octanol–water partition coefficient (Wildman–Crippen LogP) is 4.89. The molecular weight excluding hydrogens is 454 g/mol. The van der Waals surface area contributed by atoms with Crippen LogP contribution in [0.25, 0.3) is 17.1 Å². The van der Waals surface area contributed by atoms with Crippen molar-refractivity contribution in [1.29, 1.82) is 0 Å². The molecule has 0 spiro atoms. The third-order valence-electron chi connectivity index (χ3n) is 5.86. The molecule has 8 nitrogen and oxygen atoms in total. The molecule has 0 aromatic carbocycles. The SMILES string of the molecule is COc1cccc(COc2cc(C)n(-c3cc(-c4ccnc(C(C)(C)C)n4)ncc3C)c(=O)c2C)n1. The monoisotopic (exact) mass is 485 g/mol. The van der Waals surface area contributed by atoms with Crippen LogP contribution in [-0.4, -0.2) is 31.6 Å². The van der Waals surface area contributed by atoms with E-state index in [2.05, 4.69) is 35.7 Å². The van der Waals surface area contributed by atoms with Crippen LogP contribution in [0.1, 0.15) is 49.1 Å². The Morgan fingerprint density at radius 2 is 1.75 bits per heavy atom. The van der Waals surface area contributed by atoms with Crippen molar-refractivity contribution in [3.8, 4) is 28.7 Å². The quantitative estimate of drug-likeness (QED) is 0.384. The zero-order valence-corrected chi connectivity index (χ0v) is 21.8. The molecule has 4 rings (SSSR count). The van der Waals surface area contributed by atoms with E-state index in [0.717, 1.165) is 22.8 Å². The molecule has 0 unspecified atom stereocenters. The normalized spacial score (nSPS) is 11.4. The molecule has 0 saturated heterocycles. The Morgan fingerprint density at radius 1 is 0.972 bits per heavy atom. The number of pyridine rings is 3. The number of hydrogen-bond acceptors (Lipinski definition) is 7. The van der Waals surface area contributed by atoms with E-state index in [4.69, 9.17) is 14.5 Å². The summed E-state index contributed by atoms with van der Waals surface area (Å²) >= 11 is 0. The minimum Gasteiger partial charge on any atom is -0.487 e. The Labute approximate surface area is 211 Å². The lowest BCUT2D eigenvalue weighted by atomic mass is 9.95. The lowest BCUT2D eigenvalue weighted by Crippen LogP contribution is -2.24. The lowest BCUT2D eigenvalue weighted by molar-refractivity contribution is 0.294. The maximum Gasteiger partial charge on any atom is 0.261 e. The Hall–Kier alpha value is -4.07. The van der Waals surface area contributed by atoms with Crippen LogP contribution in [-0.2, 0) is 12.0 Å². The third kappa shape index (κ3) is 5.12. The summed E-state index contributed by atoms with van der Waals surface area (Å²) in [6, 6.07) is 11.1. The number of aryl methyl sites for hydroxylation is 2. The number of methoxy groups -OCH3 is 1. The van der Waals surface area contributed by atoms with Crippen molar-refractivity contribution < 1.29 is 9.47 Å². The first-order valence-electron chi connectivity index (χ1n) is 11.8. The van der Waals surface area contributed by atoms with Crippen molar-refractivity contribution in [3.63, 3.8) is 0 Å². The van der Waals surface area contributed by atoms with Gasteiger partial charge in [0.15, 0.2) is 0 Å². The molecule has 0 aliphatic carbocycles. The fraction of sp³-hybridized carbons (Fsp3) is 0.321. The predicted molar refractivity (Wildman–Crippen MR) is 139 cm³/mol. The highest BCUT2D eigenvalue weighted by Crippen LogP contribution is 2.26. The standard InChI is InChI=1S/C28H31N5O3/c1-17-15-30-22(21-11-12-29-27(32-21)28(4,5)6)14-23(17)33-18(2)13-24(19(3)26(33)34)36-16-20-9-8-10-25(31-20)35-7/h8-15H,16H2,1-7H3. The molecule has 0 atom stereocenters. The Bertz CT molecular complexity index is 1470. The molecule has 4 aromatic heterocycles. The molecule has 0 saturated carbocycles. The van der Waals surface area contributed by atoms with E-state index in [1.54, 1.807) is 37.1 Å². The van der Waals surface area contributed by atoms with Crippen molar-refractivity contribution in [2.24, 2.45) is 0 Å². The summed E-state index contributed by atoms with van der Waals surface area (Å²) in [5.41, 5.74) is 4.65. The smallest absolute Gasteiger partial charge is 0.261 e. The van der Waals surface area contributed by atoms with Crippen molar-refractivity contribution in [2.75, 3.05) is 7.11 Å². The zero-order valence-electron chi connectivity index (χ0n) is 21.8. The van der Waals surface area contributed by atoms with Crippen LogP contribution in [0, 0.1) is 20.8 Å². The molecule has 0 amide bonds. The van der Waals surface area contributed by atoms with Gasteiger partial charge in [0.05, 0.1) is 35.4 Å². The highest BCUT2D eigenvalue weighted by Gasteiger charge is 2.19. The minimum atomic E-state index is -0.190. The second-order valence-corrected chi connectivity index (χ2v) is 9.75. The molecule has 0 aliphatic heterocycles. The molecular formula is C28H31N5O3. The average molecular weight is 486 g/mol. The first-order chi connectivity index (χ1) is 17.1. The highest BCUT2D eigenvalue weighted by atomic mass is 16.5. The fourth-order valence-corrected chi connectivity index (χ4v) is 3.81. The molecule has 0 radical (unpaired) electrons. The van der Waals surface area contributed by atoms with Crippen molar-refractivity contribution in [2.45, 2.75) is 53.6 Å². The summed E-state index contributed by atoms with van der Waals surface area (Å²) in [5.74, 6) is 1.78. The Kier molecular flexibility index (Phi) is 6.88. The van der Waals surface area contributed by atoms with Gasteiger partial charge >= 0.3 is 0 Å². The first-order valence-corrected chi connectivity index (χ1v) is 11.8. The van der Waals surface area contributed by atoms with Gasteiger partial charge in [-0.15, -0.1) is 0 Å². The van der Waals surface area contributed by atoms with Crippen LogP contribution in [0.2, 0.25) is 0 Å². The van der Waals surface area contributed by atoms with E-state index in [0.29, 0.717) is 34.3 Å². The maximum atomic E-state index is 13.5. The molecule has 4 heterocycles. The van der Waals surface area contributed by atoms with Crippen LogP contribution in [0.15, 0.2) is 53.6 Å². The van der Waals surface area contributed by atoms with Gasteiger partial charge in [-0.1, -0.05) is 26.8 Å². The van der Waals surface area contributed by atoms with Crippen LogP contribution < -0.4 is 15.0 Å². The van der Waals surface area contributed by atoms with E-state index in [-0.39, 0.29) is 17.6 Å². The first kappa shape index (κ1) is 25.0. The Morgan fingerprint density at radius 3 is 2.47 bits per heavy atom. The second-order valence-electron chi connectivity index (χ2n) is 9.75. The second kappa shape index (κ2) is 9.89. The average Bonchev–Trinajstić information content (AvgIpc) is 2.86. The zero-order chi connectivity index (χ0) is 26.0. The number of rotatable bonds is 6. The van der Waals surface area contributed by atoms with Gasteiger partial charge in [-0.05, 0) is 44.5 Å². The van der Waals surface area contributed by atoms with Crippen LogP contribution in [0.4, 0.5) is 0 Å². The van der Waals surface area contributed by atoms with Gasteiger partial charge < -0.3 is 9.47 Å². The number of hydrogen-bond donors (Lipinski definition) is 0. The fourth-order valence-electron chi connectivity index (χ4n) is 3.81. The van der Waals surface area contributed by atoms with Gasteiger partial charge in [0.1, 0.15) is 18.2 Å². The minimum absolute atomic E-state index is 0.151. The van der Waals surface area contributed by atoms with Crippen molar-refractivity contribution >= 4 is 0 Å². The molecule has 4 aromatic rings. The molecule has 186 valence electrons. The van der Waals surface area contributed by atoms with E-state index < -0.39 is 0 Å². The van der Waals surface area contributed by atoms with Gasteiger partial charge in [-0.25, -0.2) is 15.0 Å². The van der Waals surface area contributed by atoms with E-state index in [9.17, 15) is 4.79 Å². The molecule has 0 N–H and O–H groups in total. The van der Waals surface area contributed by atoms with Gasteiger partial charge in [0, 0.05) is 35.6 Å². The van der Waals surface area contributed by atoms with E-state index in [1.807, 2.05) is 44.2 Å². The lowest BCUT2D eigenvalue weighted by Gasteiger charge is -2.18. The summed E-state index contributed by atoms with van der Waals surface area (Å²) in [7, 11) is 1.57. The molecule has 8 heteroatoms. The number of aromatic nitrogens is 5. The molecule has 0 aliphatic rings.